The van der Waals surface area contributed by atoms with Gasteiger partial charge in [0.15, 0.2) is 0 Å². The Labute approximate surface area is 191 Å². The van der Waals surface area contributed by atoms with E-state index in [1.165, 1.54) is 32.1 Å². The van der Waals surface area contributed by atoms with Crippen molar-refractivity contribution in [2.24, 2.45) is 5.73 Å². The zero-order valence-electron chi connectivity index (χ0n) is 20.0. The molecule has 0 bridgehead atoms. The Hall–Kier alpha value is -1.76. The summed E-state index contributed by atoms with van der Waals surface area (Å²) in [5.41, 5.74) is 3.32. The summed E-state index contributed by atoms with van der Waals surface area (Å²) in [6, 6.07) is 6.79. The first-order valence-corrected chi connectivity index (χ1v) is 11.7. The molecule has 0 unspecified atom stereocenters. The molecule has 0 saturated carbocycles. The summed E-state index contributed by atoms with van der Waals surface area (Å²) in [7, 11) is 0. The smallest absolute Gasteiger partial charge is 0.391 e. The third-order valence-electron chi connectivity index (χ3n) is 5.06. The first-order chi connectivity index (χ1) is 14.9. The third kappa shape index (κ3) is 11.7. The molecule has 2 N–H and O–H groups in total. The fourth-order valence-electron chi connectivity index (χ4n) is 3.49. The van der Waals surface area contributed by atoms with E-state index < -0.39 is 29.7 Å². The Kier molecular flexibility index (Phi) is 11.5. The zero-order valence-corrected chi connectivity index (χ0v) is 20.0. The molecule has 0 spiro atoms. The van der Waals surface area contributed by atoms with Crippen LogP contribution in [0.25, 0.3) is 0 Å². The van der Waals surface area contributed by atoms with Crippen LogP contribution in [0.1, 0.15) is 91.0 Å². The van der Waals surface area contributed by atoms with Crippen LogP contribution in [0.4, 0.5) is 13.2 Å². The number of rotatable bonds is 14. The number of halogens is 3. The highest BCUT2D eigenvalue weighted by Gasteiger charge is 2.47. The number of esters is 1. The molecule has 184 valence electrons. The molecule has 0 amide bonds. The molecule has 0 aromatic heterocycles. The average Bonchev–Trinajstić information content (AvgIpc) is 2.65. The summed E-state index contributed by atoms with van der Waals surface area (Å²) in [5, 5.41) is 0. The molecule has 1 rings (SSSR count). The second-order valence-corrected chi connectivity index (χ2v) is 9.56. The fourth-order valence-corrected chi connectivity index (χ4v) is 3.49. The van der Waals surface area contributed by atoms with E-state index in [-0.39, 0.29) is 6.42 Å². The van der Waals surface area contributed by atoms with Gasteiger partial charge >= 0.3 is 12.1 Å². The number of para-hydroxylation sites is 1. The van der Waals surface area contributed by atoms with Crippen molar-refractivity contribution in [3.8, 4) is 5.75 Å². The van der Waals surface area contributed by atoms with Crippen molar-refractivity contribution in [3.05, 3.63) is 29.8 Å². The molecule has 0 fully saturated rings. The van der Waals surface area contributed by atoms with E-state index in [9.17, 15) is 18.0 Å². The molecule has 7 heteroatoms. The van der Waals surface area contributed by atoms with Gasteiger partial charge in [0.2, 0.25) is 0 Å². The quantitative estimate of drug-likeness (QED) is 0.247. The number of benzene rings is 1. The molecule has 1 aromatic carbocycles. The van der Waals surface area contributed by atoms with E-state index >= 15 is 0 Å². The lowest BCUT2D eigenvalue weighted by molar-refractivity contribution is -0.179. The molecule has 0 aliphatic carbocycles. The van der Waals surface area contributed by atoms with Crippen LogP contribution < -0.4 is 10.5 Å². The van der Waals surface area contributed by atoms with Gasteiger partial charge in [-0.1, -0.05) is 70.1 Å². The Morgan fingerprint density at radius 3 is 2.06 bits per heavy atom. The second-order valence-electron chi connectivity index (χ2n) is 9.56. The lowest BCUT2D eigenvalue weighted by atomic mass is 9.87. The van der Waals surface area contributed by atoms with E-state index in [2.05, 4.69) is 6.92 Å². The molecule has 0 saturated heterocycles. The highest BCUT2D eigenvalue weighted by molar-refractivity contribution is 5.81. The van der Waals surface area contributed by atoms with Gasteiger partial charge in [-0.2, -0.15) is 13.2 Å². The maximum absolute atomic E-state index is 13.2. The number of ether oxygens (including phenoxy) is 2. The van der Waals surface area contributed by atoms with Crippen molar-refractivity contribution in [1.29, 1.82) is 0 Å². The Morgan fingerprint density at radius 2 is 1.50 bits per heavy atom. The van der Waals surface area contributed by atoms with Gasteiger partial charge in [-0.25, -0.2) is 0 Å². The minimum atomic E-state index is -4.61. The van der Waals surface area contributed by atoms with Crippen molar-refractivity contribution < 1.29 is 27.4 Å². The largest absolute Gasteiger partial charge is 0.493 e. The van der Waals surface area contributed by atoms with Gasteiger partial charge in [0.25, 0.3) is 0 Å². The van der Waals surface area contributed by atoms with Crippen molar-refractivity contribution in [2.75, 3.05) is 6.61 Å². The molecule has 0 radical (unpaired) electrons. The van der Waals surface area contributed by atoms with Gasteiger partial charge in [0.1, 0.15) is 16.9 Å². The number of carbonyl (C=O) groups is 1. The van der Waals surface area contributed by atoms with Crippen molar-refractivity contribution in [3.63, 3.8) is 0 Å². The highest BCUT2D eigenvalue weighted by Crippen LogP contribution is 2.33. The van der Waals surface area contributed by atoms with Gasteiger partial charge in [-0.3, -0.25) is 4.79 Å². The minimum Gasteiger partial charge on any atom is -0.493 e. The van der Waals surface area contributed by atoms with Crippen molar-refractivity contribution >= 4 is 5.97 Å². The predicted molar refractivity (Wildman–Crippen MR) is 122 cm³/mol. The summed E-state index contributed by atoms with van der Waals surface area (Å²) in [5.74, 6) is -0.615. The van der Waals surface area contributed by atoms with E-state index in [1.807, 2.05) is 0 Å². The molecular formula is C25H40F3NO3. The molecule has 0 aliphatic heterocycles. The molecular weight excluding hydrogens is 419 g/mol. The van der Waals surface area contributed by atoms with Gasteiger partial charge in [0.05, 0.1) is 13.0 Å². The Balaban J connectivity index is 2.74. The van der Waals surface area contributed by atoms with Crippen LogP contribution in [-0.4, -0.2) is 29.9 Å². The molecule has 0 aliphatic rings. The van der Waals surface area contributed by atoms with E-state index in [0.717, 1.165) is 19.3 Å². The van der Waals surface area contributed by atoms with Gasteiger partial charge < -0.3 is 15.2 Å². The number of carbonyl (C=O) groups excluding carboxylic acids is 1. The number of hydrogen-bond acceptors (Lipinski definition) is 4. The predicted octanol–water partition coefficient (Wildman–Crippen LogP) is 6.74. The standard InChI is InChI=1S/C25H40F3NO3/c1-5-6-7-8-9-10-11-14-17-31-21-16-13-12-15-20(21)18-24(29,19-25(26,27)28)22(30)32-23(2,3)4/h12-13,15-16H,5-11,14,17-19,29H2,1-4H3/t24-/m1/s1. The topological polar surface area (TPSA) is 61.5 Å². The second kappa shape index (κ2) is 13.1. The van der Waals surface area contributed by atoms with E-state index in [0.29, 0.717) is 17.9 Å². The SMILES string of the molecule is CCCCCCCCCCOc1ccccc1C[C@@](N)(CC(F)(F)F)C(=O)OC(C)(C)C. The maximum atomic E-state index is 13.2. The molecule has 1 atom stereocenters. The number of unbranched alkanes of at least 4 members (excludes halogenated alkanes) is 7. The van der Waals surface area contributed by atoms with Gasteiger partial charge in [-0.15, -0.1) is 0 Å². The van der Waals surface area contributed by atoms with Crippen molar-refractivity contribution in [1.82, 2.24) is 0 Å². The van der Waals surface area contributed by atoms with E-state index in [1.54, 1.807) is 45.0 Å². The summed E-state index contributed by atoms with van der Waals surface area (Å²) in [6.45, 7) is 7.45. The average molecular weight is 460 g/mol. The maximum Gasteiger partial charge on any atom is 0.391 e. The summed E-state index contributed by atoms with van der Waals surface area (Å²) in [4.78, 5) is 12.6. The van der Waals surface area contributed by atoms with Crippen LogP contribution >= 0.6 is 0 Å². The summed E-state index contributed by atoms with van der Waals surface area (Å²) >= 11 is 0. The zero-order chi connectivity index (χ0) is 24.3. The third-order valence-corrected chi connectivity index (χ3v) is 5.06. The number of hydrogen-bond donors (Lipinski definition) is 1. The molecule has 4 nitrogen and oxygen atoms in total. The van der Waals surface area contributed by atoms with Crippen LogP contribution in [-0.2, 0) is 16.0 Å². The molecule has 1 aromatic rings. The monoisotopic (exact) mass is 459 g/mol. The summed E-state index contributed by atoms with van der Waals surface area (Å²) < 4.78 is 50.8. The lowest BCUT2D eigenvalue weighted by Crippen LogP contribution is -2.55. The van der Waals surface area contributed by atoms with Crippen LogP contribution in [0, 0.1) is 0 Å². The summed E-state index contributed by atoms with van der Waals surface area (Å²) in [6.07, 6.45) is 2.89. The first-order valence-electron chi connectivity index (χ1n) is 11.7. The fraction of sp³-hybridized carbons (Fsp3) is 0.720. The van der Waals surface area contributed by atoms with Crippen LogP contribution in [0.2, 0.25) is 0 Å². The highest BCUT2D eigenvalue weighted by atomic mass is 19.4. The van der Waals surface area contributed by atoms with Crippen LogP contribution in [0.3, 0.4) is 0 Å². The minimum absolute atomic E-state index is 0.324. The lowest BCUT2D eigenvalue weighted by Gasteiger charge is -2.32. The van der Waals surface area contributed by atoms with E-state index in [4.69, 9.17) is 15.2 Å². The van der Waals surface area contributed by atoms with Gasteiger partial charge in [-0.05, 0) is 38.8 Å². The number of nitrogens with two attached hydrogens (primary N) is 1. The van der Waals surface area contributed by atoms with Gasteiger partial charge in [0, 0.05) is 6.42 Å². The Morgan fingerprint density at radius 1 is 0.938 bits per heavy atom. The van der Waals surface area contributed by atoms with Crippen LogP contribution in [0.5, 0.6) is 5.75 Å². The molecule has 0 heterocycles. The van der Waals surface area contributed by atoms with Crippen molar-refractivity contribution in [2.45, 2.75) is 109 Å². The van der Waals surface area contributed by atoms with Crippen LogP contribution in [0.15, 0.2) is 24.3 Å². The first kappa shape index (κ1) is 28.3. The normalized spacial score (nSPS) is 14.1. The molecule has 32 heavy (non-hydrogen) atoms. The number of alkyl halides is 3. The Bertz CT molecular complexity index is 686.